The van der Waals surface area contributed by atoms with E-state index in [0.29, 0.717) is 31.2 Å². The SMILES string of the molecule is CC(OCC1CCCO1)C(=O)Nc1ccccc1OCCn1ccnc1. The molecule has 26 heavy (non-hydrogen) atoms. The van der Waals surface area contributed by atoms with Crippen LogP contribution in [0.2, 0.25) is 0 Å². The number of hydrogen-bond donors (Lipinski definition) is 1. The van der Waals surface area contributed by atoms with Gasteiger partial charge in [-0.3, -0.25) is 4.79 Å². The fraction of sp³-hybridized carbons (Fsp3) is 0.474. The summed E-state index contributed by atoms with van der Waals surface area (Å²) in [4.78, 5) is 16.4. The number of aromatic nitrogens is 2. The highest BCUT2D eigenvalue weighted by Crippen LogP contribution is 2.24. The Morgan fingerprint density at radius 1 is 1.46 bits per heavy atom. The van der Waals surface area contributed by atoms with Gasteiger partial charge in [0.05, 0.1) is 31.3 Å². The molecule has 1 fully saturated rings. The number of ether oxygens (including phenoxy) is 3. The molecule has 1 amide bonds. The maximum absolute atomic E-state index is 12.4. The molecule has 3 rings (SSSR count). The minimum atomic E-state index is -0.557. The van der Waals surface area contributed by atoms with Gasteiger partial charge in [0, 0.05) is 19.0 Å². The second kappa shape index (κ2) is 9.35. The number of nitrogens with one attached hydrogen (secondary N) is 1. The molecule has 1 aliphatic rings. The van der Waals surface area contributed by atoms with E-state index in [-0.39, 0.29) is 12.0 Å². The van der Waals surface area contributed by atoms with Crippen LogP contribution in [0.5, 0.6) is 5.75 Å². The van der Waals surface area contributed by atoms with E-state index in [1.165, 1.54) is 0 Å². The zero-order valence-corrected chi connectivity index (χ0v) is 15.0. The quantitative estimate of drug-likeness (QED) is 0.744. The van der Waals surface area contributed by atoms with E-state index in [9.17, 15) is 4.79 Å². The number of amides is 1. The van der Waals surface area contributed by atoms with Gasteiger partial charge in [-0.15, -0.1) is 0 Å². The van der Waals surface area contributed by atoms with E-state index in [4.69, 9.17) is 14.2 Å². The average molecular weight is 359 g/mol. The van der Waals surface area contributed by atoms with Crippen LogP contribution in [-0.2, 0) is 20.8 Å². The van der Waals surface area contributed by atoms with Crippen LogP contribution >= 0.6 is 0 Å². The summed E-state index contributed by atoms with van der Waals surface area (Å²) < 4.78 is 18.9. The molecule has 1 saturated heterocycles. The molecule has 2 heterocycles. The molecule has 0 radical (unpaired) electrons. The third-order valence-corrected chi connectivity index (χ3v) is 4.24. The van der Waals surface area contributed by atoms with Crippen molar-refractivity contribution >= 4 is 11.6 Å². The molecular weight excluding hydrogens is 334 g/mol. The van der Waals surface area contributed by atoms with Crippen LogP contribution < -0.4 is 10.1 Å². The highest BCUT2D eigenvalue weighted by molar-refractivity contribution is 5.95. The Bertz CT molecular complexity index is 684. The largest absolute Gasteiger partial charge is 0.490 e. The van der Waals surface area contributed by atoms with Crippen molar-refractivity contribution < 1.29 is 19.0 Å². The van der Waals surface area contributed by atoms with Gasteiger partial charge < -0.3 is 24.1 Å². The number of imidazole rings is 1. The Morgan fingerprint density at radius 2 is 2.35 bits per heavy atom. The van der Waals surface area contributed by atoms with E-state index in [1.54, 1.807) is 19.4 Å². The molecule has 2 unspecified atom stereocenters. The third-order valence-electron chi connectivity index (χ3n) is 4.24. The Morgan fingerprint density at radius 3 is 3.12 bits per heavy atom. The van der Waals surface area contributed by atoms with Gasteiger partial charge in [-0.25, -0.2) is 4.98 Å². The molecule has 0 saturated carbocycles. The lowest BCUT2D eigenvalue weighted by molar-refractivity contribution is -0.128. The summed E-state index contributed by atoms with van der Waals surface area (Å²) in [5.41, 5.74) is 0.635. The molecule has 1 aromatic carbocycles. The number of carbonyl (C=O) groups excluding carboxylic acids is 1. The van der Waals surface area contributed by atoms with Crippen molar-refractivity contribution in [1.82, 2.24) is 9.55 Å². The van der Waals surface area contributed by atoms with E-state index in [1.807, 2.05) is 35.0 Å². The van der Waals surface area contributed by atoms with Gasteiger partial charge in [-0.2, -0.15) is 0 Å². The molecule has 140 valence electrons. The van der Waals surface area contributed by atoms with Gasteiger partial charge in [0.2, 0.25) is 0 Å². The van der Waals surface area contributed by atoms with Crippen LogP contribution in [0.25, 0.3) is 0 Å². The third kappa shape index (κ3) is 5.31. The zero-order valence-electron chi connectivity index (χ0n) is 15.0. The number of nitrogens with zero attached hydrogens (tertiary/aromatic N) is 2. The topological polar surface area (TPSA) is 74.6 Å². The normalized spacial score (nSPS) is 17.8. The van der Waals surface area contributed by atoms with Gasteiger partial charge in [0.15, 0.2) is 0 Å². The number of hydrogen-bond acceptors (Lipinski definition) is 5. The maximum atomic E-state index is 12.4. The zero-order chi connectivity index (χ0) is 18.2. The van der Waals surface area contributed by atoms with Gasteiger partial charge in [0.1, 0.15) is 18.5 Å². The molecule has 1 N–H and O–H groups in total. The maximum Gasteiger partial charge on any atom is 0.253 e. The van der Waals surface area contributed by atoms with Gasteiger partial charge in [-0.05, 0) is 31.9 Å². The van der Waals surface area contributed by atoms with Gasteiger partial charge in [-0.1, -0.05) is 12.1 Å². The highest BCUT2D eigenvalue weighted by atomic mass is 16.5. The first kappa shape index (κ1) is 18.4. The molecule has 2 atom stereocenters. The fourth-order valence-electron chi connectivity index (χ4n) is 2.71. The first-order valence-corrected chi connectivity index (χ1v) is 8.94. The Hall–Kier alpha value is -2.38. The molecule has 0 aliphatic carbocycles. The summed E-state index contributed by atoms with van der Waals surface area (Å²) in [5, 5.41) is 2.88. The second-order valence-corrected chi connectivity index (χ2v) is 6.24. The van der Waals surface area contributed by atoms with Crippen LogP contribution in [0.4, 0.5) is 5.69 Å². The van der Waals surface area contributed by atoms with Crippen molar-refractivity contribution in [1.29, 1.82) is 0 Å². The highest BCUT2D eigenvalue weighted by Gasteiger charge is 2.20. The summed E-state index contributed by atoms with van der Waals surface area (Å²) in [6.07, 6.45) is 6.93. The van der Waals surface area contributed by atoms with Crippen LogP contribution in [0.3, 0.4) is 0 Å². The Labute approximate surface area is 153 Å². The monoisotopic (exact) mass is 359 g/mol. The average Bonchev–Trinajstić information content (AvgIpc) is 3.35. The predicted molar refractivity (Wildman–Crippen MR) is 97.2 cm³/mol. The molecular formula is C19H25N3O4. The Balaban J connectivity index is 1.48. The number of rotatable bonds is 9. The first-order valence-electron chi connectivity index (χ1n) is 8.94. The van der Waals surface area contributed by atoms with E-state index >= 15 is 0 Å². The van der Waals surface area contributed by atoms with Gasteiger partial charge >= 0.3 is 0 Å². The van der Waals surface area contributed by atoms with Crippen molar-refractivity contribution in [2.24, 2.45) is 0 Å². The minimum Gasteiger partial charge on any atom is -0.490 e. The summed E-state index contributed by atoms with van der Waals surface area (Å²) in [5.74, 6) is 0.431. The number of carbonyl (C=O) groups is 1. The van der Waals surface area contributed by atoms with Crippen molar-refractivity contribution in [2.45, 2.75) is 38.5 Å². The summed E-state index contributed by atoms with van der Waals surface area (Å²) >= 11 is 0. The molecule has 7 heteroatoms. The van der Waals surface area contributed by atoms with Crippen LogP contribution in [0.1, 0.15) is 19.8 Å². The molecule has 0 bridgehead atoms. The molecule has 2 aromatic rings. The van der Waals surface area contributed by atoms with Crippen LogP contribution in [0, 0.1) is 0 Å². The number of para-hydroxylation sites is 2. The van der Waals surface area contributed by atoms with E-state index in [2.05, 4.69) is 10.3 Å². The first-order chi connectivity index (χ1) is 12.7. The lowest BCUT2D eigenvalue weighted by atomic mass is 10.2. The molecule has 1 aromatic heterocycles. The van der Waals surface area contributed by atoms with Crippen molar-refractivity contribution in [3.8, 4) is 5.75 Å². The predicted octanol–water partition coefficient (Wildman–Crippen LogP) is 2.48. The number of anilines is 1. The van der Waals surface area contributed by atoms with E-state index in [0.717, 1.165) is 19.4 Å². The van der Waals surface area contributed by atoms with Crippen molar-refractivity contribution in [3.63, 3.8) is 0 Å². The lowest BCUT2D eigenvalue weighted by Gasteiger charge is -2.17. The Kier molecular flexibility index (Phi) is 6.62. The molecule has 0 spiro atoms. The summed E-state index contributed by atoms with van der Waals surface area (Å²) in [6.45, 7) is 4.13. The lowest BCUT2D eigenvalue weighted by Crippen LogP contribution is -2.30. The standard InChI is InChI=1S/C19H25N3O4/c1-15(26-13-16-5-4-11-24-16)19(23)21-17-6-2-3-7-18(17)25-12-10-22-9-8-20-14-22/h2-3,6-9,14-16H,4-5,10-13H2,1H3,(H,21,23). The second-order valence-electron chi connectivity index (χ2n) is 6.24. The smallest absolute Gasteiger partial charge is 0.253 e. The van der Waals surface area contributed by atoms with E-state index < -0.39 is 6.10 Å². The molecule has 1 aliphatic heterocycles. The summed E-state index contributed by atoms with van der Waals surface area (Å²) in [6, 6.07) is 7.38. The van der Waals surface area contributed by atoms with Crippen LogP contribution in [-0.4, -0.2) is 47.5 Å². The number of benzene rings is 1. The van der Waals surface area contributed by atoms with Crippen LogP contribution in [0.15, 0.2) is 43.0 Å². The van der Waals surface area contributed by atoms with Crippen molar-refractivity contribution in [2.75, 3.05) is 25.1 Å². The molecule has 7 nitrogen and oxygen atoms in total. The van der Waals surface area contributed by atoms with Gasteiger partial charge in [0.25, 0.3) is 5.91 Å². The van der Waals surface area contributed by atoms with Crippen molar-refractivity contribution in [3.05, 3.63) is 43.0 Å². The summed E-state index contributed by atoms with van der Waals surface area (Å²) in [7, 11) is 0. The minimum absolute atomic E-state index is 0.101. The fourth-order valence-corrected chi connectivity index (χ4v) is 2.71.